The molecular weight excluding hydrogens is 238 g/mol. The monoisotopic (exact) mass is 263 g/mol. The van der Waals surface area contributed by atoms with Crippen molar-refractivity contribution < 1.29 is 4.79 Å². The van der Waals surface area contributed by atoms with Gasteiger partial charge >= 0.3 is 0 Å². The largest absolute Gasteiger partial charge is 0.399 e. The van der Waals surface area contributed by atoms with Crippen molar-refractivity contribution in [2.24, 2.45) is 5.92 Å². The van der Waals surface area contributed by atoms with Gasteiger partial charge < -0.3 is 16.4 Å². The topological polar surface area (TPSA) is 67.1 Å². The highest BCUT2D eigenvalue weighted by Gasteiger charge is 2.13. The molecule has 19 heavy (non-hydrogen) atoms. The zero-order chi connectivity index (χ0) is 14.4. The van der Waals surface area contributed by atoms with Gasteiger partial charge in [-0.05, 0) is 37.5 Å². The third-order valence-corrected chi connectivity index (χ3v) is 3.37. The lowest BCUT2D eigenvalue weighted by atomic mass is 10.00. The number of benzene rings is 1. The fourth-order valence-electron chi connectivity index (χ4n) is 2.11. The Morgan fingerprint density at radius 3 is 2.63 bits per heavy atom. The van der Waals surface area contributed by atoms with Crippen LogP contribution in [-0.4, -0.2) is 19.0 Å². The molecule has 0 fully saturated rings. The quantitative estimate of drug-likeness (QED) is 0.691. The van der Waals surface area contributed by atoms with Crippen molar-refractivity contribution in [1.29, 1.82) is 0 Å². The number of carbonyl (C=O) groups excluding carboxylic acids is 1. The summed E-state index contributed by atoms with van der Waals surface area (Å²) < 4.78 is 0. The molecular formula is C15H25N3O. The lowest BCUT2D eigenvalue weighted by Crippen LogP contribution is -2.23. The van der Waals surface area contributed by atoms with Crippen molar-refractivity contribution in [3.8, 4) is 0 Å². The van der Waals surface area contributed by atoms with Gasteiger partial charge in [0.1, 0.15) is 0 Å². The van der Waals surface area contributed by atoms with Crippen LogP contribution < -0.4 is 16.4 Å². The van der Waals surface area contributed by atoms with Crippen LogP contribution in [0.3, 0.4) is 0 Å². The third kappa shape index (κ3) is 4.47. The van der Waals surface area contributed by atoms with E-state index in [1.807, 2.05) is 6.07 Å². The summed E-state index contributed by atoms with van der Waals surface area (Å²) in [5.41, 5.74) is 7.89. The first-order chi connectivity index (χ1) is 8.97. The van der Waals surface area contributed by atoms with E-state index in [4.69, 9.17) is 5.73 Å². The van der Waals surface area contributed by atoms with Crippen molar-refractivity contribution in [2.45, 2.75) is 39.7 Å². The molecule has 0 aromatic heterocycles. The Bertz CT molecular complexity index is 431. The summed E-state index contributed by atoms with van der Waals surface area (Å²) in [6.45, 7) is 6.55. The molecule has 1 aromatic rings. The Labute approximate surface area is 115 Å². The molecule has 0 saturated carbocycles. The molecule has 1 amide bonds. The van der Waals surface area contributed by atoms with E-state index >= 15 is 0 Å². The van der Waals surface area contributed by atoms with E-state index in [1.165, 1.54) is 0 Å². The highest BCUT2D eigenvalue weighted by Crippen LogP contribution is 2.22. The number of amides is 1. The van der Waals surface area contributed by atoms with Crippen molar-refractivity contribution in [3.63, 3.8) is 0 Å². The maximum Gasteiger partial charge on any atom is 0.253 e. The van der Waals surface area contributed by atoms with Crippen LogP contribution in [0.5, 0.6) is 0 Å². The van der Waals surface area contributed by atoms with Crippen LogP contribution in [-0.2, 0) is 0 Å². The molecule has 4 heteroatoms. The van der Waals surface area contributed by atoms with Gasteiger partial charge in [-0.3, -0.25) is 4.79 Å². The molecule has 0 bridgehead atoms. The van der Waals surface area contributed by atoms with Gasteiger partial charge in [-0.15, -0.1) is 0 Å². The first-order valence-electron chi connectivity index (χ1n) is 6.86. The number of nitrogens with two attached hydrogens (primary N) is 1. The smallest absolute Gasteiger partial charge is 0.253 e. The maximum atomic E-state index is 11.8. The predicted molar refractivity (Wildman–Crippen MR) is 81.4 cm³/mol. The Kier molecular flexibility index (Phi) is 5.67. The molecule has 0 radical (unpaired) electrons. The van der Waals surface area contributed by atoms with Crippen molar-refractivity contribution in [3.05, 3.63) is 23.8 Å². The maximum absolute atomic E-state index is 11.8. The predicted octanol–water partition coefficient (Wildman–Crippen LogP) is 2.87. The van der Waals surface area contributed by atoms with Crippen LogP contribution in [0, 0.1) is 5.92 Å². The SMILES string of the molecule is CCC(C)CC(C)Nc1cc(N)ccc1C(=O)NC. The fourth-order valence-corrected chi connectivity index (χ4v) is 2.11. The lowest BCUT2D eigenvalue weighted by Gasteiger charge is -2.20. The van der Waals surface area contributed by atoms with Crippen LogP contribution in [0.15, 0.2) is 18.2 Å². The molecule has 0 saturated heterocycles. The van der Waals surface area contributed by atoms with Crippen molar-refractivity contribution in [2.75, 3.05) is 18.1 Å². The fraction of sp³-hybridized carbons (Fsp3) is 0.533. The molecule has 1 aromatic carbocycles. The van der Waals surface area contributed by atoms with Gasteiger partial charge in [0.2, 0.25) is 0 Å². The van der Waals surface area contributed by atoms with Crippen LogP contribution in [0.25, 0.3) is 0 Å². The second-order valence-corrected chi connectivity index (χ2v) is 5.18. The van der Waals surface area contributed by atoms with Crippen LogP contribution in [0.1, 0.15) is 44.0 Å². The average Bonchev–Trinajstić information content (AvgIpc) is 2.37. The van der Waals surface area contributed by atoms with Gasteiger partial charge in [-0.25, -0.2) is 0 Å². The minimum Gasteiger partial charge on any atom is -0.399 e. The van der Waals surface area contributed by atoms with Crippen LogP contribution in [0.2, 0.25) is 0 Å². The van der Waals surface area contributed by atoms with Crippen molar-refractivity contribution >= 4 is 17.3 Å². The molecule has 0 aliphatic heterocycles. The van der Waals surface area contributed by atoms with E-state index in [9.17, 15) is 4.79 Å². The summed E-state index contributed by atoms with van der Waals surface area (Å²) in [5, 5.41) is 6.04. The van der Waals surface area contributed by atoms with Gasteiger partial charge in [-0.1, -0.05) is 20.3 Å². The Balaban J connectivity index is 2.86. The number of nitrogen functional groups attached to an aromatic ring is 1. The molecule has 0 aliphatic carbocycles. The number of nitrogens with one attached hydrogen (secondary N) is 2. The lowest BCUT2D eigenvalue weighted by molar-refractivity contribution is 0.0964. The summed E-state index contributed by atoms with van der Waals surface area (Å²) in [7, 11) is 1.63. The van der Waals surface area contributed by atoms with E-state index in [1.54, 1.807) is 19.2 Å². The summed E-state index contributed by atoms with van der Waals surface area (Å²) in [6.07, 6.45) is 2.23. The minimum absolute atomic E-state index is 0.0989. The average molecular weight is 263 g/mol. The van der Waals surface area contributed by atoms with Gasteiger partial charge in [0.25, 0.3) is 5.91 Å². The molecule has 0 heterocycles. The highest BCUT2D eigenvalue weighted by atomic mass is 16.1. The summed E-state index contributed by atoms with van der Waals surface area (Å²) in [5.74, 6) is 0.560. The van der Waals surface area contributed by atoms with Crippen LogP contribution in [0.4, 0.5) is 11.4 Å². The third-order valence-electron chi connectivity index (χ3n) is 3.37. The number of hydrogen-bond donors (Lipinski definition) is 3. The normalized spacial score (nSPS) is 13.7. The molecule has 2 unspecified atom stereocenters. The molecule has 4 N–H and O–H groups in total. The summed E-state index contributed by atoms with van der Waals surface area (Å²) in [4.78, 5) is 11.8. The number of anilines is 2. The Hall–Kier alpha value is -1.71. The first-order valence-corrected chi connectivity index (χ1v) is 6.86. The standard InChI is InChI=1S/C15H25N3O/c1-5-10(2)8-11(3)18-14-9-12(16)6-7-13(14)15(19)17-4/h6-7,9-11,18H,5,8,16H2,1-4H3,(H,17,19). The summed E-state index contributed by atoms with van der Waals surface area (Å²) >= 11 is 0. The van der Waals surface area contributed by atoms with E-state index in [-0.39, 0.29) is 5.91 Å². The highest BCUT2D eigenvalue weighted by molar-refractivity contribution is 6.00. The van der Waals surface area contributed by atoms with Gasteiger partial charge in [0, 0.05) is 24.5 Å². The molecule has 1 rings (SSSR count). The first kappa shape index (κ1) is 15.3. The molecule has 0 spiro atoms. The van der Waals surface area contributed by atoms with Gasteiger partial charge in [-0.2, -0.15) is 0 Å². The minimum atomic E-state index is -0.0989. The van der Waals surface area contributed by atoms with Crippen LogP contribution >= 0.6 is 0 Å². The van der Waals surface area contributed by atoms with Gasteiger partial charge in [0.15, 0.2) is 0 Å². The van der Waals surface area contributed by atoms with E-state index in [0.717, 1.165) is 18.5 Å². The molecule has 0 aliphatic rings. The zero-order valence-electron chi connectivity index (χ0n) is 12.3. The number of hydrogen-bond acceptors (Lipinski definition) is 3. The van der Waals surface area contributed by atoms with Crippen molar-refractivity contribution in [1.82, 2.24) is 5.32 Å². The summed E-state index contributed by atoms with van der Waals surface area (Å²) in [6, 6.07) is 5.62. The Morgan fingerprint density at radius 1 is 1.37 bits per heavy atom. The Morgan fingerprint density at radius 2 is 2.05 bits per heavy atom. The number of carbonyl (C=O) groups is 1. The van der Waals surface area contributed by atoms with E-state index in [2.05, 4.69) is 31.4 Å². The molecule has 106 valence electrons. The molecule has 2 atom stereocenters. The van der Waals surface area contributed by atoms with Gasteiger partial charge in [0.05, 0.1) is 5.56 Å². The second-order valence-electron chi connectivity index (χ2n) is 5.18. The second kappa shape index (κ2) is 7.02. The van der Waals surface area contributed by atoms with E-state index < -0.39 is 0 Å². The zero-order valence-corrected chi connectivity index (χ0v) is 12.3. The number of rotatable bonds is 6. The van der Waals surface area contributed by atoms with E-state index in [0.29, 0.717) is 23.2 Å². The molecule has 4 nitrogen and oxygen atoms in total.